The summed E-state index contributed by atoms with van der Waals surface area (Å²) in [5.41, 5.74) is 8.48. The number of benzene rings is 2. The molecular formula is C22H28N2O3. The molecule has 0 aliphatic heterocycles. The molecule has 1 atom stereocenters. The normalized spacial score (nSPS) is 12.2. The predicted octanol–water partition coefficient (Wildman–Crippen LogP) is 3.83. The monoisotopic (exact) mass is 368 g/mol. The van der Waals surface area contributed by atoms with Crippen LogP contribution in [-0.2, 0) is 10.2 Å². The van der Waals surface area contributed by atoms with Gasteiger partial charge in [0, 0.05) is 5.56 Å². The van der Waals surface area contributed by atoms with Gasteiger partial charge in [0.15, 0.2) is 6.10 Å². The molecule has 0 aromatic heterocycles. The van der Waals surface area contributed by atoms with Crippen molar-refractivity contribution in [3.8, 4) is 5.75 Å². The molecule has 0 aliphatic carbocycles. The molecule has 2 aromatic rings. The third kappa shape index (κ3) is 5.58. The molecule has 1 unspecified atom stereocenters. The maximum absolute atomic E-state index is 12.2. The van der Waals surface area contributed by atoms with Crippen molar-refractivity contribution in [1.29, 1.82) is 0 Å². The molecule has 2 aromatic carbocycles. The van der Waals surface area contributed by atoms with Gasteiger partial charge >= 0.3 is 0 Å². The highest BCUT2D eigenvalue weighted by atomic mass is 16.5. The van der Waals surface area contributed by atoms with Gasteiger partial charge in [-0.25, -0.2) is 0 Å². The summed E-state index contributed by atoms with van der Waals surface area (Å²) in [7, 11) is 0. The van der Waals surface area contributed by atoms with E-state index in [2.05, 4.69) is 31.6 Å². The summed E-state index contributed by atoms with van der Waals surface area (Å²) >= 11 is 0. The van der Waals surface area contributed by atoms with Crippen molar-refractivity contribution in [2.75, 3.05) is 0 Å². The van der Waals surface area contributed by atoms with E-state index in [1.807, 2.05) is 44.2 Å². The molecule has 144 valence electrons. The second kappa shape index (κ2) is 8.25. The molecule has 0 aliphatic rings. The fourth-order valence-electron chi connectivity index (χ4n) is 2.49. The van der Waals surface area contributed by atoms with Crippen LogP contribution in [0.15, 0.2) is 42.5 Å². The van der Waals surface area contributed by atoms with Gasteiger partial charge in [-0.1, -0.05) is 45.0 Å². The maximum atomic E-state index is 12.2. The Morgan fingerprint density at radius 2 is 1.59 bits per heavy atom. The second-order valence-electron chi connectivity index (χ2n) is 7.80. The Morgan fingerprint density at radius 3 is 2.19 bits per heavy atom. The minimum absolute atomic E-state index is 0.0178. The van der Waals surface area contributed by atoms with Crippen LogP contribution in [0.25, 0.3) is 0 Å². The van der Waals surface area contributed by atoms with Crippen LogP contribution in [0.5, 0.6) is 5.75 Å². The molecule has 0 saturated heterocycles. The molecule has 0 bridgehead atoms. The van der Waals surface area contributed by atoms with E-state index in [0.29, 0.717) is 11.3 Å². The van der Waals surface area contributed by atoms with Crippen molar-refractivity contribution in [3.63, 3.8) is 0 Å². The Morgan fingerprint density at radius 1 is 0.963 bits per heavy atom. The summed E-state index contributed by atoms with van der Waals surface area (Å²) in [4.78, 5) is 24.4. The van der Waals surface area contributed by atoms with Gasteiger partial charge in [-0.05, 0) is 61.1 Å². The van der Waals surface area contributed by atoms with Crippen LogP contribution < -0.4 is 15.6 Å². The maximum Gasteiger partial charge on any atom is 0.279 e. The number of carbonyl (C=O) groups excluding carboxylic acids is 2. The Hall–Kier alpha value is -2.82. The number of ether oxygens (including phenoxy) is 1. The van der Waals surface area contributed by atoms with E-state index in [4.69, 9.17) is 4.74 Å². The van der Waals surface area contributed by atoms with Crippen molar-refractivity contribution in [3.05, 3.63) is 64.7 Å². The zero-order valence-corrected chi connectivity index (χ0v) is 16.8. The average Bonchev–Trinajstić information content (AvgIpc) is 2.61. The lowest BCUT2D eigenvalue weighted by Gasteiger charge is -2.19. The van der Waals surface area contributed by atoms with Gasteiger partial charge in [-0.15, -0.1) is 0 Å². The number of aryl methyl sites for hydroxylation is 2. The quantitative estimate of drug-likeness (QED) is 0.806. The Labute approximate surface area is 161 Å². The zero-order chi connectivity index (χ0) is 20.2. The number of hydrazine groups is 1. The summed E-state index contributed by atoms with van der Waals surface area (Å²) < 4.78 is 5.72. The zero-order valence-electron chi connectivity index (χ0n) is 16.8. The predicted molar refractivity (Wildman–Crippen MR) is 107 cm³/mol. The number of rotatable bonds is 4. The lowest BCUT2D eigenvalue weighted by molar-refractivity contribution is -0.128. The van der Waals surface area contributed by atoms with E-state index in [1.165, 1.54) is 0 Å². The van der Waals surface area contributed by atoms with Crippen molar-refractivity contribution < 1.29 is 14.3 Å². The molecule has 0 saturated carbocycles. The minimum atomic E-state index is -0.742. The van der Waals surface area contributed by atoms with Crippen LogP contribution in [0.2, 0.25) is 0 Å². The topological polar surface area (TPSA) is 67.4 Å². The summed E-state index contributed by atoms with van der Waals surface area (Å²) in [5.74, 6) is -0.139. The fourth-order valence-corrected chi connectivity index (χ4v) is 2.49. The van der Waals surface area contributed by atoms with Crippen molar-refractivity contribution in [1.82, 2.24) is 10.9 Å². The molecule has 2 N–H and O–H groups in total. The van der Waals surface area contributed by atoms with Gasteiger partial charge in [-0.3, -0.25) is 20.4 Å². The van der Waals surface area contributed by atoms with Gasteiger partial charge in [-0.2, -0.15) is 0 Å². The van der Waals surface area contributed by atoms with Crippen LogP contribution in [0.3, 0.4) is 0 Å². The van der Waals surface area contributed by atoms with Gasteiger partial charge in [0.2, 0.25) is 0 Å². The number of hydrogen-bond donors (Lipinski definition) is 2. The third-order valence-corrected chi connectivity index (χ3v) is 4.33. The first-order chi connectivity index (χ1) is 12.6. The minimum Gasteiger partial charge on any atom is -0.481 e. The fraction of sp³-hybridized carbons (Fsp3) is 0.364. The van der Waals surface area contributed by atoms with Crippen molar-refractivity contribution >= 4 is 11.8 Å². The Kier molecular flexibility index (Phi) is 6.26. The van der Waals surface area contributed by atoms with Crippen molar-refractivity contribution in [2.24, 2.45) is 0 Å². The highest BCUT2D eigenvalue weighted by Gasteiger charge is 2.18. The molecule has 5 nitrogen and oxygen atoms in total. The van der Waals surface area contributed by atoms with E-state index < -0.39 is 12.0 Å². The van der Waals surface area contributed by atoms with E-state index in [-0.39, 0.29) is 11.3 Å². The molecule has 0 radical (unpaired) electrons. The van der Waals surface area contributed by atoms with Crippen LogP contribution in [0.1, 0.15) is 54.7 Å². The molecule has 0 fully saturated rings. The van der Waals surface area contributed by atoms with E-state index in [1.54, 1.807) is 19.1 Å². The first kappa shape index (κ1) is 20.5. The molecular weight excluding hydrogens is 340 g/mol. The lowest BCUT2D eigenvalue weighted by atomic mass is 9.87. The smallest absolute Gasteiger partial charge is 0.279 e. The molecule has 0 spiro atoms. The first-order valence-electron chi connectivity index (χ1n) is 9.02. The SMILES string of the molecule is Cc1ccc(C)c(OC(C)C(=O)NNC(=O)c2ccc(C(C)(C)C)cc2)c1. The van der Waals surface area contributed by atoms with Crippen LogP contribution >= 0.6 is 0 Å². The summed E-state index contributed by atoms with van der Waals surface area (Å²) in [6.45, 7) is 11.9. The van der Waals surface area contributed by atoms with Gasteiger partial charge < -0.3 is 4.74 Å². The Bertz CT molecular complexity index is 820. The van der Waals surface area contributed by atoms with E-state index >= 15 is 0 Å². The molecule has 5 heteroatoms. The number of hydrogen-bond acceptors (Lipinski definition) is 3. The average molecular weight is 368 g/mol. The summed E-state index contributed by atoms with van der Waals surface area (Å²) in [6.07, 6.45) is -0.742. The molecule has 2 rings (SSSR count). The summed E-state index contributed by atoms with van der Waals surface area (Å²) in [6, 6.07) is 13.1. The van der Waals surface area contributed by atoms with Gasteiger partial charge in [0.05, 0.1) is 0 Å². The van der Waals surface area contributed by atoms with Crippen molar-refractivity contribution in [2.45, 2.75) is 53.1 Å². The molecule has 0 heterocycles. The van der Waals surface area contributed by atoms with Crippen LogP contribution in [-0.4, -0.2) is 17.9 Å². The number of amides is 2. The lowest BCUT2D eigenvalue weighted by Crippen LogP contribution is -2.47. The summed E-state index contributed by atoms with van der Waals surface area (Å²) in [5, 5.41) is 0. The first-order valence-corrected chi connectivity index (χ1v) is 9.02. The second-order valence-corrected chi connectivity index (χ2v) is 7.80. The molecule has 27 heavy (non-hydrogen) atoms. The van der Waals surface area contributed by atoms with Gasteiger partial charge in [0.25, 0.3) is 11.8 Å². The van der Waals surface area contributed by atoms with E-state index in [9.17, 15) is 9.59 Å². The van der Waals surface area contributed by atoms with Gasteiger partial charge in [0.1, 0.15) is 5.75 Å². The highest BCUT2D eigenvalue weighted by Crippen LogP contribution is 2.22. The number of carbonyl (C=O) groups is 2. The standard InChI is InChI=1S/C22H28N2O3/c1-14-7-8-15(2)19(13-14)27-16(3)20(25)23-24-21(26)17-9-11-18(12-10-17)22(4,5)6/h7-13,16H,1-6H3,(H,23,25)(H,24,26). The third-order valence-electron chi connectivity index (χ3n) is 4.33. The van der Waals surface area contributed by atoms with Crippen LogP contribution in [0, 0.1) is 13.8 Å². The van der Waals surface area contributed by atoms with Crippen LogP contribution in [0.4, 0.5) is 0 Å². The Balaban J connectivity index is 1.92. The molecule has 2 amide bonds. The highest BCUT2D eigenvalue weighted by molar-refractivity contribution is 5.95. The van der Waals surface area contributed by atoms with E-state index in [0.717, 1.165) is 16.7 Å². The largest absolute Gasteiger partial charge is 0.481 e. The number of nitrogens with one attached hydrogen (secondary N) is 2.